The van der Waals surface area contributed by atoms with Gasteiger partial charge in [0.15, 0.2) is 5.69 Å². The van der Waals surface area contributed by atoms with Gasteiger partial charge in [0.2, 0.25) is 5.95 Å². The van der Waals surface area contributed by atoms with Crippen molar-refractivity contribution in [3.63, 3.8) is 0 Å². The van der Waals surface area contributed by atoms with Crippen LogP contribution in [-0.2, 0) is 4.79 Å². The molecule has 120 valence electrons. The fraction of sp³-hybridized carbons (Fsp3) is 0.571. The Balaban J connectivity index is 2.21. The first kappa shape index (κ1) is 16.5. The molecule has 1 amide bonds. The van der Waals surface area contributed by atoms with Crippen LogP contribution in [0, 0.1) is 5.92 Å². The number of nitrogens with one attached hydrogen (secondary N) is 1. The summed E-state index contributed by atoms with van der Waals surface area (Å²) in [7, 11) is 0. The van der Waals surface area contributed by atoms with Crippen molar-refractivity contribution >= 4 is 29.4 Å². The summed E-state index contributed by atoms with van der Waals surface area (Å²) in [6.45, 7) is 5.12. The van der Waals surface area contributed by atoms with E-state index in [-0.39, 0.29) is 16.6 Å². The SMILES string of the molecule is CC(C)[C@H](NC(=O)c1nc(N2CCCC2)ncc1Cl)C(=O)O. The fourth-order valence-corrected chi connectivity index (χ4v) is 2.49. The molecule has 22 heavy (non-hydrogen) atoms. The van der Waals surface area contributed by atoms with Crippen LogP contribution in [0.4, 0.5) is 5.95 Å². The van der Waals surface area contributed by atoms with Crippen LogP contribution in [0.25, 0.3) is 0 Å². The number of aliphatic carboxylic acids is 1. The third-order valence-corrected chi connectivity index (χ3v) is 3.83. The van der Waals surface area contributed by atoms with E-state index in [2.05, 4.69) is 15.3 Å². The van der Waals surface area contributed by atoms with Crippen LogP contribution in [0.1, 0.15) is 37.2 Å². The zero-order chi connectivity index (χ0) is 16.3. The molecule has 0 bridgehead atoms. The Morgan fingerprint density at radius 3 is 2.55 bits per heavy atom. The van der Waals surface area contributed by atoms with Gasteiger partial charge >= 0.3 is 5.97 Å². The summed E-state index contributed by atoms with van der Waals surface area (Å²) in [6, 6.07) is -0.992. The maximum atomic E-state index is 12.3. The molecule has 0 spiro atoms. The van der Waals surface area contributed by atoms with Gasteiger partial charge in [-0.25, -0.2) is 14.8 Å². The molecule has 1 aromatic heterocycles. The minimum absolute atomic E-state index is 0.00506. The number of hydrogen-bond donors (Lipinski definition) is 2. The van der Waals surface area contributed by atoms with Crippen molar-refractivity contribution in [3.8, 4) is 0 Å². The van der Waals surface area contributed by atoms with Crippen molar-refractivity contribution in [1.29, 1.82) is 0 Å². The zero-order valence-corrected chi connectivity index (χ0v) is 13.3. The predicted octanol–water partition coefficient (Wildman–Crippen LogP) is 1.57. The number of nitrogens with zero attached hydrogens (tertiary/aromatic N) is 3. The molecular formula is C14H19ClN4O3. The monoisotopic (exact) mass is 326 g/mol. The maximum Gasteiger partial charge on any atom is 0.326 e. The highest BCUT2D eigenvalue weighted by atomic mass is 35.5. The highest BCUT2D eigenvalue weighted by Gasteiger charge is 2.26. The Morgan fingerprint density at radius 2 is 2.00 bits per heavy atom. The van der Waals surface area contributed by atoms with Gasteiger partial charge in [-0.2, -0.15) is 0 Å². The van der Waals surface area contributed by atoms with Gasteiger partial charge in [0.1, 0.15) is 6.04 Å². The van der Waals surface area contributed by atoms with Crippen LogP contribution in [0.5, 0.6) is 0 Å². The third kappa shape index (κ3) is 3.65. The van der Waals surface area contributed by atoms with Crippen molar-refractivity contribution in [2.45, 2.75) is 32.7 Å². The first-order valence-electron chi connectivity index (χ1n) is 7.21. The molecule has 0 aromatic carbocycles. The van der Waals surface area contributed by atoms with Crippen molar-refractivity contribution < 1.29 is 14.7 Å². The smallest absolute Gasteiger partial charge is 0.326 e. The largest absolute Gasteiger partial charge is 0.480 e. The first-order valence-corrected chi connectivity index (χ1v) is 7.59. The molecule has 8 heteroatoms. The molecule has 0 aliphatic carbocycles. The number of carboxylic acid groups (broad SMARTS) is 1. The standard InChI is InChI=1S/C14H19ClN4O3/c1-8(2)10(13(21)22)17-12(20)11-9(15)7-16-14(18-11)19-5-3-4-6-19/h7-8,10H,3-6H2,1-2H3,(H,17,20)(H,21,22)/t10-/m0/s1. The highest BCUT2D eigenvalue weighted by Crippen LogP contribution is 2.20. The van der Waals surface area contributed by atoms with Crippen molar-refractivity contribution in [2.75, 3.05) is 18.0 Å². The lowest BCUT2D eigenvalue weighted by atomic mass is 10.0. The summed E-state index contributed by atoms with van der Waals surface area (Å²) in [5.41, 5.74) is 0.00506. The van der Waals surface area contributed by atoms with Crippen molar-refractivity contribution in [2.24, 2.45) is 5.92 Å². The number of halogens is 1. The molecule has 2 N–H and O–H groups in total. The van der Waals surface area contributed by atoms with Gasteiger partial charge in [-0.15, -0.1) is 0 Å². The number of carboxylic acids is 1. The van der Waals surface area contributed by atoms with E-state index in [0.29, 0.717) is 5.95 Å². The molecule has 1 atom stereocenters. The Morgan fingerprint density at radius 1 is 1.36 bits per heavy atom. The Bertz CT molecular complexity index is 573. The van der Waals surface area contributed by atoms with Crippen LogP contribution in [-0.4, -0.2) is 46.1 Å². The summed E-state index contributed by atoms with van der Waals surface area (Å²) in [5.74, 6) is -1.49. The van der Waals surface area contributed by atoms with Crippen molar-refractivity contribution in [3.05, 3.63) is 16.9 Å². The zero-order valence-electron chi connectivity index (χ0n) is 12.5. The maximum absolute atomic E-state index is 12.3. The van der Waals surface area contributed by atoms with Gasteiger partial charge in [0, 0.05) is 13.1 Å². The Labute approximate surface area is 133 Å². The van der Waals surface area contributed by atoms with E-state index in [1.165, 1.54) is 6.20 Å². The number of rotatable bonds is 5. The lowest BCUT2D eigenvalue weighted by molar-refractivity contribution is -0.140. The molecule has 1 aliphatic rings. The quantitative estimate of drug-likeness (QED) is 0.852. The van der Waals surface area contributed by atoms with Crippen LogP contribution in [0.15, 0.2) is 6.20 Å². The molecule has 7 nitrogen and oxygen atoms in total. The predicted molar refractivity (Wildman–Crippen MR) is 82.2 cm³/mol. The Hall–Kier alpha value is -1.89. The number of aromatic nitrogens is 2. The molecule has 0 radical (unpaired) electrons. The van der Waals surface area contributed by atoms with E-state index in [4.69, 9.17) is 16.7 Å². The van der Waals surface area contributed by atoms with E-state index in [0.717, 1.165) is 25.9 Å². The minimum Gasteiger partial charge on any atom is -0.480 e. The number of anilines is 1. The lowest BCUT2D eigenvalue weighted by Gasteiger charge is -2.19. The molecule has 0 unspecified atom stereocenters. The van der Waals surface area contributed by atoms with Crippen LogP contribution in [0.2, 0.25) is 5.02 Å². The summed E-state index contributed by atoms with van der Waals surface area (Å²) in [6.07, 6.45) is 3.49. The summed E-state index contributed by atoms with van der Waals surface area (Å²) in [4.78, 5) is 33.8. The average Bonchev–Trinajstić information content (AvgIpc) is 2.98. The molecule has 1 aromatic rings. The molecule has 0 saturated carbocycles. The second-order valence-electron chi connectivity index (χ2n) is 5.59. The van der Waals surface area contributed by atoms with E-state index >= 15 is 0 Å². The second-order valence-corrected chi connectivity index (χ2v) is 6.00. The summed E-state index contributed by atoms with van der Waals surface area (Å²) in [5, 5.41) is 11.7. The molecule has 2 heterocycles. The number of hydrogen-bond acceptors (Lipinski definition) is 5. The van der Waals surface area contributed by atoms with E-state index < -0.39 is 17.9 Å². The second kappa shape index (κ2) is 6.91. The minimum atomic E-state index is -1.09. The van der Waals surface area contributed by atoms with Crippen LogP contribution in [0.3, 0.4) is 0 Å². The number of carbonyl (C=O) groups is 2. The molecule has 1 aliphatic heterocycles. The summed E-state index contributed by atoms with van der Waals surface area (Å²) < 4.78 is 0. The first-order chi connectivity index (χ1) is 10.4. The van der Waals surface area contributed by atoms with Gasteiger partial charge in [-0.3, -0.25) is 4.79 Å². The van der Waals surface area contributed by atoms with Gasteiger partial charge in [0.25, 0.3) is 5.91 Å². The van der Waals surface area contributed by atoms with Crippen LogP contribution >= 0.6 is 11.6 Å². The van der Waals surface area contributed by atoms with Gasteiger partial charge in [-0.05, 0) is 18.8 Å². The van der Waals surface area contributed by atoms with E-state index in [1.54, 1.807) is 13.8 Å². The van der Waals surface area contributed by atoms with Crippen LogP contribution < -0.4 is 10.2 Å². The molecule has 1 saturated heterocycles. The number of carbonyl (C=O) groups excluding carboxylic acids is 1. The van der Waals surface area contributed by atoms with Gasteiger partial charge in [0.05, 0.1) is 11.2 Å². The summed E-state index contributed by atoms with van der Waals surface area (Å²) >= 11 is 5.99. The van der Waals surface area contributed by atoms with Gasteiger partial charge < -0.3 is 15.3 Å². The highest BCUT2D eigenvalue weighted by molar-refractivity contribution is 6.33. The average molecular weight is 327 g/mol. The molecule has 1 fully saturated rings. The van der Waals surface area contributed by atoms with E-state index in [9.17, 15) is 9.59 Å². The normalized spacial score (nSPS) is 15.9. The third-order valence-electron chi connectivity index (χ3n) is 3.55. The topological polar surface area (TPSA) is 95.4 Å². The fourth-order valence-electron chi connectivity index (χ4n) is 2.31. The van der Waals surface area contributed by atoms with E-state index in [1.807, 2.05) is 4.90 Å². The molecular weight excluding hydrogens is 308 g/mol. The lowest BCUT2D eigenvalue weighted by Crippen LogP contribution is -2.44. The van der Waals surface area contributed by atoms with Crippen molar-refractivity contribution in [1.82, 2.24) is 15.3 Å². The molecule has 2 rings (SSSR count). The van der Waals surface area contributed by atoms with Gasteiger partial charge in [-0.1, -0.05) is 25.4 Å². The Kier molecular flexibility index (Phi) is 5.18. The number of amides is 1.